The molecule has 76 valence electrons. The van der Waals surface area contributed by atoms with E-state index >= 15 is 0 Å². The predicted octanol–water partition coefficient (Wildman–Crippen LogP) is 2.65. The van der Waals surface area contributed by atoms with Gasteiger partial charge in [0.15, 0.2) is 0 Å². The maximum absolute atomic E-state index is 5.55. The van der Waals surface area contributed by atoms with Gasteiger partial charge in [-0.25, -0.2) is 0 Å². The first-order chi connectivity index (χ1) is 6.77. The first-order valence-electron chi connectivity index (χ1n) is 4.95. The van der Waals surface area contributed by atoms with Crippen LogP contribution in [0.25, 0.3) is 0 Å². The highest BCUT2D eigenvalue weighted by molar-refractivity contribution is 5.09. The second-order valence-corrected chi connectivity index (χ2v) is 3.39. The summed E-state index contributed by atoms with van der Waals surface area (Å²) in [5.41, 5.74) is 0. The molecule has 1 aromatic rings. The van der Waals surface area contributed by atoms with Crippen molar-refractivity contribution < 1.29 is 4.42 Å². The number of terminal acetylenes is 1. The first kappa shape index (κ1) is 10.9. The van der Waals surface area contributed by atoms with Crippen LogP contribution in [0.1, 0.15) is 36.8 Å². The number of hydrogen-bond donors (Lipinski definition) is 1. The van der Waals surface area contributed by atoms with Crippen LogP contribution >= 0.6 is 0 Å². The smallest absolute Gasteiger partial charge is 0.121 e. The zero-order valence-corrected chi connectivity index (χ0v) is 8.84. The number of aryl methyl sites for hydroxylation is 1. The summed E-state index contributed by atoms with van der Waals surface area (Å²) in [5.74, 6) is 4.60. The van der Waals surface area contributed by atoms with Gasteiger partial charge in [0, 0.05) is 6.42 Å². The van der Waals surface area contributed by atoms with E-state index < -0.39 is 0 Å². The molecule has 2 nitrogen and oxygen atoms in total. The van der Waals surface area contributed by atoms with Gasteiger partial charge in [0.05, 0.1) is 6.04 Å². The third kappa shape index (κ3) is 2.93. The van der Waals surface area contributed by atoms with Gasteiger partial charge >= 0.3 is 0 Å². The highest BCUT2D eigenvalue weighted by atomic mass is 16.3. The minimum atomic E-state index is 0.289. The molecule has 0 aliphatic carbocycles. The zero-order valence-electron chi connectivity index (χ0n) is 8.84. The maximum Gasteiger partial charge on any atom is 0.121 e. The topological polar surface area (TPSA) is 25.2 Å². The Balaban J connectivity index is 2.50. The van der Waals surface area contributed by atoms with Crippen LogP contribution in [-0.2, 0) is 0 Å². The van der Waals surface area contributed by atoms with Crippen molar-refractivity contribution >= 4 is 0 Å². The summed E-state index contributed by atoms with van der Waals surface area (Å²) in [5, 5.41) is 3.23. The average molecular weight is 191 g/mol. The Morgan fingerprint density at radius 1 is 1.57 bits per heavy atom. The molecular weight excluding hydrogens is 174 g/mol. The molecule has 0 radical (unpaired) electrons. The molecule has 0 aliphatic heterocycles. The third-order valence-corrected chi connectivity index (χ3v) is 2.27. The molecule has 14 heavy (non-hydrogen) atoms. The maximum atomic E-state index is 5.55. The summed E-state index contributed by atoms with van der Waals surface area (Å²) >= 11 is 0. The molecule has 1 aromatic heterocycles. The van der Waals surface area contributed by atoms with Gasteiger partial charge in [0.2, 0.25) is 0 Å². The van der Waals surface area contributed by atoms with E-state index in [9.17, 15) is 0 Å². The average Bonchev–Trinajstić information content (AvgIpc) is 2.60. The highest BCUT2D eigenvalue weighted by Gasteiger charge is 2.11. The highest BCUT2D eigenvalue weighted by Crippen LogP contribution is 2.20. The van der Waals surface area contributed by atoms with E-state index in [-0.39, 0.29) is 6.04 Å². The minimum Gasteiger partial charge on any atom is -0.465 e. The molecule has 1 heterocycles. The Hall–Kier alpha value is -1.20. The van der Waals surface area contributed by atoms with Crippen LogP contribution < -0.4 is 5.32 Å². The Bertz CT molecular complexity index is 308. The van der Waals surface area contributed by atoms with Gasteiger partial charge in [-0.2, -0.15) is 0 Å². The van der Waals surface area contributed by atoms with Gasteiger partial charge in [-0.3, -0.25) is 0 Å². The molecule has 0 aromatic carbocycles. The van der Waals surface area contributed by atoms with Crippen LogP contribution in [0.5, 0.6) is 0 Å². The van der Waals surface area contributed by atoms with Gasteiger partial charge in [0.1, 0.15) is 11.5 Å². The SMILES string of the molecule is C#CCCCC(NC)c1ccc(C)o1. The van der Waals surface area contributed by atoms with Crippen molar-refractivity contribution in [2.75, 3.05) is 7.05 Å². The Morgan fingerprint density at radius 2 is 2.36 bits per heavy atom. The zero-order chi connectivity index (χ0) is 10.4. The van der Waals surface area contributed by atoms with Crippen LogP contribution in [0.3, 0.4) is 0 Å². The van der Waals surface area contributed by atoms with Gasteiger partial charge < -0.3 is 9.73 Å². The molecule has 0 amide bonds. The Kier molecular flexibility index (Phi) is 4.28. The molecule has 0 spiro atoms. The number of unbranched alkanes of at least 4 members (excludes halogenated alkanes) is 1. The standard InChI is InChI=1S/C12H17NO/c1-4-5-6-7-11(13-3)12-9-8-10(2)14-12/h1,8-9,11,13H,5-7H2,2-3H3. The molecule has 1 N–H and O–H groups in total. The lowest BCUT2D eigenvalue weighted by molar-refractivity contribution is 0.397. The summed E-state index contributed by atoms with van der Waals surface area (Å²) in [4.78, 5) is 0. The Morgan fingerprint density at radius 3 is 2.86 bits per heavy atom. The van der Waals surface area contributed by atoms with Gasteiger partial charge in [-0.05, 0) is 38.9 Å². The van der Waals surface area contributed by atoms with E-state index in [0.29, 0.717) is 0 Å². The van der Waals surface area contributed by atoms with Crippen molar-refractivity contribution in [3.05, 3.63) is 23.7 Å². The molecule has 1 unspecified atom stereocenters. The molecule has 0 saturated heterocycles. The summed E-state index contributed by atoms with van der Waals surface area (Å²) < 4.78 is 5.55. The number of rotatable bonds is 5. The van der Waals surface area contributed by atoms with Gasteiger partial charge in [-0.1, -0.05) is 0 Å². The fourth-order valence-electron chi connectivity index (χ4n) is 1.48. The molecule has 2 heteroatoms. The number of nitrogens with one attached hydrogen (secondary N) is 1. The van der Waals surface area contributed by atoms with Crippen LogP contribution in [0, 0.1) is 19.3 Å². The lowest BCUT2D eigenvalue weighted by Gasteiger charge is -2.12. The van der Waals surface area contributed by atoms with Crippen molar-refractivity contribution in [3.8, 4) is 12.3 Å². The van der Waals surface area contributed by atoms with Crippen molar-refractivity contribution in [3.63, 3.8) is 0 Å². The molecule has 1 rings (SSSR count). The van der Waals surface area contributed by atoms with E-state index in [1.165, 1.54) is 0 Å². The molecule has 0 aliphatic rings. The molecule has 0 bridgehead atoms. The van der Waals surface area contributed by atoms with Crippen LogP contribution in [0.4, 0.5) is 0 Å². The quantitative estimate of drug-likeness (QED) is 0.571. The Labute approximate surface area is 85.7 Å². The van der Waals surface area contributed by atoms with Crippen LogP contribution in [-0.4, -0.2) is 7.05 Å². The van der Waals surface area contributed by atoms with E-state index in [4.69, 9.17) is 10.8 Å². The normalized spacial score (nSPS) is 12.4. The van der Waals surface area contributed by atoms with Crippen molar-refractivity contribution in [1.29, 1.82) is 0 Å². The monoisotopic (exact) mass is 191 g/mol. The lowest BCUT2D eigenvalue weighted by atomic mass is 10.1. The molecule has 0 saturated carbocycles. The largest absolute Gasteiger partial charge is 0.465 e. The second-order valence-electron chi connectivity index (χ2n) is 3.39. The van der Waals surface area contributed by atoms with Crippen molar-refractivity contribution in [2.24, 2.45) is 0 Å². The molecule has 1 atom stereocenters. The summed E-state index contributed by atoms with van der Waals surface area (Å²) in [7, 11) is 1.94. The van der Waals surface area contributed by atoms with Gasteiger partial charge in [-0.15, -0.1) is 12.3 Å². The predicted molar refractivity (Wildman–Crippen MR) is 57.9 cm³/mol. The lowest BCUT2D eigenvalue weighted by Crippen LogP contribution is -2.15. The third-order valence-electron chi connectivity index (χ3n) is 2.27. The molecule has 0 fully saturated rings. The van der Waals surface area contributed by atoms with Crippen LogP contribution in [0.15, 0.2) is 16.5 Å². The van der Waals surface area contributed by atoms with E-state index in [1.807, 2.05) is 26.1 Å². The summed E-state index contributed by atoms with van der Waals surface area (Å²) in [6, 6.07) is 4.30. The number of hydrogen-bond acceptors (Lipinski definition) is 2. The number of furan rings is 1. The van der Waals surface area contributed by atoms with E-state index in [0.717, 1.165) is 30.8 Å². The fraction of sp³-hybridized carbons (Fsp3) is 0.500. The second kappa shape index (κ2) is 5.51. The van der Waals surface area contributed by atoms with Crippen LogP contribution in [0.2, 0.25) is 0 Å². The van der Waals surface area contributed by atoms with E-state index in [1.54, 1.807) is 0 Å². The van der Waals surface area contributed by atoms with Crippen molar-refractivity contribution in [2.45, 2.75) is 32.2 Å². The van der Waals surface area contributed by atoms with Gasteiger partial charge in [0.25, 0.3) is 0 Å². The fourth-order valence-corrected chi connectivity index (χ4v) is 1.48. The van der Waals surface area contributed by atoms with E-state index in [2.05, 4.69) is 11.2 Å². The summed E-state index contributed by atoms with van der Waals surface area (Å²) in [6.45, 7) is 1.96. The molecular formula is C12H17NO. The minimum absolute atomic E-state index is 0.289. The van der Waals surface area contributed by atoms with Crippen molar-refractivity contribution in [1.82, 2.24) is 5.32 Å². The first-order valence-corrected chi connectivity index (χ1v) is 4.95. The summed E-state index contributed by atoms with van der Waals surface area (Å²) in [6.07, 6.45) is 8.09.